The highest BCUT2D eigenvalue weighted by Gasteiger charge is 2.23. The van der Waals surface area contributed by atoms with Crippen LogP contribution in [0.4, 0.5) is 14.6 Å². The van der Waals surface area contributed by atoms with E-state index in [1.807, 2.05) is 18.4 Å². The van der Waals surface area contributed by atoms with Crippen LogP contribution < -0.4 is 5.73 Å². The van der Waals surface area contributed by atoms with Crippen LogP contribution in [0.1, 0.15) is 39.4 Å². The van der Waals surface area contributed by atoms with Gasteiger partial charge in [0.05, 0.1) is 5.56 Å². The lowest BCUT2D eigenvalue weighted by atomic mass is 10.1. The number of hydrogen-bond acceptors (Lipinski definition) is 2. The predicted molar refractivity (Wildman–Crippen MR) is 80.9 cm³/mol. The molecule has 2 rings (SSSR count). The molecule has 1 aromatic heterocycles. The second kappa shape index (κ2) is 5.84. The molecule has 2 N–H and O–H groups in total. The van der Waals surface area contributed by atoms with Gasteiger partial charge in [0, 0.05) is 12.5 Å². The van der Waals surface area contributed by atoms with Crippen molar-refractivity contribution < 1.29 is 8.78 Å². The van der Waals surface area contributed by atoms with Gasteiger partial charge in [-0.2, -0.15) is 0 Å². The van der Waals surface area contributed by atoms with E-state index in [-0.39, 0.29) is 17.2 Å². The molecule has 114 valence electrons. The summed E-state index contributed by atoms with van der Waals surface area (Å²) in [6.07, 6.45) is 0. The zero-order valence-corrected chi connectivity index (χ0v) is 12.8. The Morgan fingerprint density at radius 3 is 2.19 bits per heavy atom. The number of aromatic nitrogens is 2. The molecule has 0 bridgehead atoms. The normalized spacial score (nSPS) is 11.6. The molecular weight excluding hydrogens is 272 g/mol. The number of nitrogens with zero attached hydrogens (tertiary/aromatic N) is 2. The van der Waals surface area contributed by atoms with Crippen LogP contribution in [0.2, 0.25) is 0 Å². The number of benzene rings is 1. The van der Waals surface area contributed by atoms with E-state index < -0.39 is 11.6 Å². The summed E-state index contributed by atoms with van der Waals surface area (Å²) in [6, 6.07) is 3.77. The van der Waals surface area contributed by atoms with Crippen molar-refractivity contribution in [2.45, 2.75) is 40.2 Å². The molecule has 0 atom stereocenters. The van der Waals surface area contributed by atoms with Crippen molar-refractivity contribution in [3.63, 3.8) is 0 Å². The molecule has 2 aromatic rings. The molecule has 0 aliphatic carbocycles. The van der Waals surface area contributed by atoms with Crippen LogP contribution in [0.5, 0.6) is 0 Å². The lowest BCUT2D eigenvalue weighted by Crippen LogP contribution is -2.12. The van der Waals surface area contributed by atoms with E-state index in [0.29, 0.717) is 18.3 Å². The van der Waals surface area contributed by atoms with Gasteiger partial charge in [0.25, 0.3) is 0 Å². The van der Waals surface area contributed by atoms with Gasteiger partial charge in [-0.15, -0.1) is 0 Å². The molecule has 1 aromatic carbocycles. The summed E-state index contributed by atoms with van der Waals surface area (Å²) in [6.45, 7) is 8.77. The molecule has 21 heavy (non-hydrogen) atoms. The highest BCUT2D eigenvalue weighted by molar-refractivity contribution is 5.72. The molecule has 0 saturated heterocycles. The number of halogens is 2. The van der Waals surface area contributed by atoms with Crippen molar-refractivity contribution in [1.29, 1.82) is 0 Å². The molecule has 0 saturated carbocycles. The van der Waals surface area contributed by atoms with Crippen LogP contribution in [0.25, 0.3) is 11.3 Å². The van der Waals surface area contributed by atoms with E-state index in [1.165, 1.54) is 18.2 Å². The maximum absolute atomic E-state index is 14.0. The fourth-order valence-electron chi connectivity index (χ4n) is 2.39. The second-order valence-corrected chi connectivity index (χ2v) is 5.96. The maximum atomic E-state index is 14.0. The van der Waals surface area contributed by atoms with Crippen LogP contribution in [0.15, 0.2) is 18.2 Å². The molecule has 5 heteroatoms. The first-order valence-electron chi connectivity index (χ1n) is 7.13. The van der Waals surface area contributed by atoms with E-state index in [0.717, 1.165) is 5.82 Å². The van der Waals surface area contributed by atoms with E-state index >= 15 is 0 Å². The maximum Gasteiger partial charge on any atom is 0.135 e. The molecule has 1 heterocycles. The van der Waals surface area contributed by atoms with E-state index in [1.54, 1.807) is 0 Å². The summed E-state index contributed by atoms with van der Waals surface area (Å²) < 4.78 is 29.8. The van der Waals surface area contributed by atoms with Crippen molar-refractivity contribution in [3.05, 3.63) is 35.7 Å². The van der Waals surface area contributed by atoms with Gasteiger partial charge in [-0.3, -0.25) is 0 Å². The summed E-state index contributed by atoms with van der Waals surface area (Å²) in [7, 11) is 0. The molecule has 3 nitrogen and oxygen atoms in total. The SMILES string of the molecule is CC(C)Cn1c(C(C)C)nc(-c2c(F)cccc2F)c1N. The summed E-state index contributed by atoms with van der Waals surface area (Å²) >= 11 is 0. The summed E-state index contributed by atoms with van der Waals surface area (Å²) in [5.41, 5.74) is 6.16. The van der Waals surface area contributed by atoms with Crippen LogP contribution >= 0.6 is 0 Å². The first-order chi connectivity index (χ1) is 9.82. The minimum atomic E-state index is -0.647. The van der Waals surface area contributed by atoms with E-state index in [4.69, 9.17) is 5.73 Å². The summed E-state index contributed by atoms with van der Waals surface area (Å²) in [5, 5.41) is 0. The van der Waals surface area contributed by atoms with Gasteiger partial charge in [0.15, 0.2) is 0 Å². The van der Waals surface area contributed by atoms with Gasteiger partial charge >= 0.3 is 0 Å². The molecule has 0 spiro atoms. The summed E-state index contributed by atoms with van der Waals surface area (Å²) in [4.78, 5) is 4.41. The standard InChI is InChI=1S/C16H21F2N3/c1-9(2)8-21-15(19)14(20-16(21)10(3)4)13-11(17)6-5-7-12(13)18/h5-7,9-10H,8,19H2,1-4H3. The number of imidazole rings is 1. The molecular formula is C16H21F2N3. The van der Waals surface area contributed by atoms with Crippen molar-refractivity contribution in [1.82, 2.24) is 9.55 Å². The zero-order valence-electron chi connectivity index (χ0n) is 12.8. The van der Waals surface area contributed by atoms with Gasteiger partial charge in [0.1, 0.15) is 29.0 Å². The number of anilines is 1. The minimum absolute atomic E-state index is 0.120. The topological polar surface area (TPSA) is 43.8 Å². The van der Waals surface area contributed by atoms with Crippen molar-refractivity contribution in [2.24, 2.45) is 5.92 Å². The number of rotatable bonds is 4. The fraction of sp³-hybridized carbons (Fsp3) is 0.438. The van der Waals surface area contributed by atoms with Crippen molar-refractivity contribution in [2.75, 3.05) is 5.73 Å². The Bertz CT molecular complexity index is 625. The van der Waals surface area contributed by atoms with Gasteiger partial charge in [-0.25, -0.2) is 13.8 Å². The van der Waals surface area contributed by atoms with Crippen LogP contribution in [0, 0.1) is 17.6 Å². The Labute approximate surface area is 123 Å². The first kappa shape index (κ1) is 15.5. The van der Waals surface area contributed by atoms with Crippen molar-refractivity contribution in [3.8, 4) is 11.3 Å². The lowest BCUT2D eigenvalue weighted by Gasteiger charge is -2.14. The lowest BCUT2D eigenvalue weighted by molar-refractivity contribution is 0.502. The first-order valence-corrected chi connectivity index (χ1v) is 7.13. The van der Waals surface area contributed by atoms with Gasteiger partial charge in [0.2, 0.25) is 0 Å². The van der Waals surface area contributed by atoms with Gasteiger partial charge in [-0.1, -0.05) is 33.8 Å². The van der Waals surface area contributed by atoms with Crippen LogP contribution in [0.3, 0.4) is 0 Å². The summed E-state index contributed by atoms with van der Waals surface area (Å²) in [5.74, 6) is 0.250. The number of nitrogen functional groups attached to an aromatic ring is 1. The third-order valence-corrected chi connectivity index (χ3v) is 3.30. The minimum Gasteiger partial charge on any atom is -0.383 e. The Morgan fingerprint density at radius 1 is 1.14 bits per heavy atom. The van der Waals surface area contributed by atoms with Gasteiger partial charge in [-0.05, 0) is 18.1 Å². The quantitative estimate of drug-likeness (QED) is 0.918. The van der Waals surface area contributed by atoms with Gasteiger partial charge < -0.3 is 10.3 Å². The molecule has 0 fully saturated rings. The fourth-order valence-corrected chi connectivity index (χ4v) is 2.39. The van der Waals surface area contributed by atoms with E-state index in [2.05, 4.69) is 18.8 Å². The van der Waals surface area contributed by atoms with Crippen molar-refractivity contribution >= 4 is 5.82 Å². The Kier molecular flexibility index (Phi) is 4.30. The second-order valence-electron chi connectivity index (χ2n) is 5.96. The Hall–Kier alpha value is -1.91. The molecule has 0 amide bonds. The third-order valence-electron chi connectivity index (χ3n) is 3.30. The Balaban J connectivity index is 2.66. The molecule has 0 aliphatic rings. The highest BCUT2D eigenvalue weighted by Crippen LogP contribution is 2.33. The predicted octanol–water partition coefficient (Wildman–Crippen LogP) is 4.19. The third kappa shape index (κ3) is 2.91. The number of hydrogen-bond donors (Lipinski definition) is 1. The molecule has 0 radical (unpaired) electrons. The van der Waals surface area contributed by atoms with Crippen LogP contribution in [-0.4, -0.2) is 9.55 Å². The van der Waals surface area contributed by atoms with E-state index in [9.17, 15) is 8.78 Å². The number of nitrogens with two attached hydrogens (primary N) is 1. The molecule has 0 unspecified atom stereocenters. The Morgan fingerprint density at radius 2 is 1.71 bits per heavy atom. The average molecular weight is 293 g/mol. The average Bonchev–Trinajstić information content (AvgIpc) is 2.67. The largest absolute Gasteiger partial charge is 0.383 e. The zero-order chi connectivity index (χ0) is 15.7. The molecule has 0 aliphatic heterocycles. The van der Waals surface area contributed by atoms with Crippen LogP contribution in [-0.2, 0) is 6.54 Å². The highest BCUT2D eigenvalue weighted by atomic mass is 19.1. The smallest absolute Gasteiger partial charge is 0.135 e. The monoisotopic (exact) mass is 293 g/mol.